The molecule has 0 spiro atoms. The molecule has 1 fully saturated rings. The Balaban J connectivity index is 2.44. The van der Waals surface area contributed by atoms with Crippen molar-refractivity contribution in [1.29, 1.82) is 0 Å². The maximum absolute atomic E-state index is 13.1. The molecule has 0 atom stereocenters. The lowest BCUT2D eigenvalue weighted by atomic mass is 9.70. The molecule has 1 saturated carbocycles. The van der Waals surface area contributed by atoms with Crippen molar-refractivity contribution in [2.75, 3.05) is 7.11 Å². The number of nitrogens with two attached hydrogens (primary N) is 1. The van der Waals surface area contributed by atoms with Crippen LogP contribution in [0.4, 0.5) is 8.78 Å². The summed E-state index contributed by atoms with van der Waals surface area (Å²) in [6, 6.07) is 2.02. The average Bonchev–Trinajstić information content (AvgIpc) is 2.19. The molecular weight excluding hydrogens is 216 g/mol. The fraction of sp³-hybridized carbons (Fsp3) is 0.455. The third-order valence-corrected chi connectivity index (χ3v) is 2.98. The van der Waals surface area contributed by atoms with Crippen molar-refractivity contribution in [3.63, 3.8) is 0 Å². The van der Waals surface area contributed by atoms with E-state index in [-0.39, 0.29) is 5.75 Å². The molecule has 0 bridgehead atoms. The first-order valence-electron chi connectivity index (χ1n) is 4.97. The first-order chi connectivity index (χ1) is 7.46. The van der Waals surface area contributed by atoms with Crippen LogP contribution < -0.4 is 10.5 Å². The van der Waals surface area contributed by atoms with Crippen LogP contribution in [0, 0.1) is 11.6 Å². The summed E-state index contributed by atoms with van der Waals surface area (Å²) >= 11 is 0. The van der Waals surface area contributed by atoms with Crippen molar-refractivity contribution in [3.05, 3.63) is 29.3 Å². The molecule has 3 N–H and O–H groups in total. The third-order valence-electron chi connectivity index (χ3n) is 2.98. The van der Waals surface area contributed by atoms with Crippen LogP contribution in [0.5, 0.6) is 5.75 Å². The van der Waals surface area contributed by atoms with Gasteiger partial charge in [-0.2, -0.15) is 0 Å². The van der Waals surface area contributed by atoms with E-state index in [0.717, 1.165) is 12.1 Å². The van der Waals surface area contributed by atoms with Crippen LogP contribution in [0.25, 0.3) is 0 Å². The molecule has 0 radical (unpaired) electrons. The number of ether oxygens (including phenoxy) is 1. The SMILES string of the molecule is COc1cc(F)c(F)cc1C1(N)CC(O)C1. The van der Waals surface area contributed by atoms with E-state index in [1.54, 1.807) is 0 Å². The lowest BCUT2D eigenvalue weighted by Gasteiger charge is -2.43. The topological polar surface area (TPSA) is 55.5 Å². The van der Waals surface area contributed by atoms with Gasteiger partial charge < -0.3 is 15.6 Å². The number of methoxy groups -OCH3 is 1. The Bertz CT molecular complexity index is 417. The van der Waals surface area contributed by atoms with Crippen molar-refractivity contribution >= 4 is 0 Å². The van der Waals surface area contributed by atoms with Gasteiger partial charge in [-0.25, -0.2) is 8.78 Å². The lowest BCUT2D eigenvalue weighted by molar-refractivity contribution is 0.0196. The predicted molar refractivity (Wildman–Crippen MR) is 54.0 cm³/mol. The zero-order chi connectivity index (χ0) is 11.9. The van der Waals surface area contributed by atoms with Crippen LogP contribution in [0.3, 0.4) is 0 Å². The first-order valence-corrected chi connectivity index (χ1v) is 4.97. The number of halogens is 2. The smallest absolute Gasteiger partial charge is 0.162 e. The van der Waals surface area contributed by atoms with Crippen molar-refractivity contribution in [2.45, 2.75) is 24.5 Å². The molecule has 0 aromatic heterocycles. The highest BCUT2D eigenvalue weighted by molar-refractivity contribution is 5.41. The predicted octanol–water partition coefficient (Wildman–Crippen LogP) is 1.28. The highest BCUT2D eigenvalue weighted by Crippen LogP contribution is 2.43. The normalized spacial score (nSPS) is 28.7. The standard InChI is InChI=1S/C11H13F2NO2/c1-16-10-3-9(13)8(12)2-7(10)11(14)4-6(15)5-11/h2-3,6,15H,4-5,14H2,1H3. The van der Waals surface area contributed by atoms with E-state index in [0.29, 0.717) is 18.4 Å². The van der Waals surface area contributed by atoms with Crippen molar-refractivity contribution in [1.82, 2.24) is 0 Å². The molecule has 1 aromatic carbocycles. The van der Waals surface area contributed by atoms with Crippen LogP contribution in [0.2, 0.25) is 0 Å². The minimum atomic E-state index is -0.968. The number of hydrogen-bond donors (Lipinski definition) is 2. The molecule has 0 aliphatic heterocycles. The van der Waals surface area contributed by atoms with Crippen molar-refractivity contribution < 1.29 is 18.6 Å². The molecule has 1 aliphatic rings. The zero-order valence-corrected chi connectivity index (χ0v) is 8.84. The van der Waals surface area contributed by atoms with E-state index >= 15 is 0 Å². The van der Waals surface area contributed by atoms with Crippen LogP contribution in [0.1, 0.15) is 18.4 Å². The zero-order valence-electron chi connectivity index (χ0n) is 8.84. The first kappa shape index (κ1) is 11.3. The Morgan fingerprint density at radius 1 is 1.38 bits per heavy atom. The maximum Gasteiger partial charge on any atom is 0.162 e. The van der Waals surface area contributed by atoms with E-state index in [4.69, 9.17) is 10.5 Å². The fourth-order valence-corrected chi connectivity index (χ4v) is 2.09. The second kappa shape index (κ2) is 3.68. The summed E-state index contributed by atoms with van der Waals surface area (Å²) in [6.07, 6.45) is 0.172. The summed E-state index contributed by atoms with van der Waals surface area (Å²) in [4.78, 5) is 0. The van der Waals surface area contributed by atoms with Gasteiger partial charge >= 0.3 is 0 Å². The molecule has 16 heavy (non-hydrogen) atoms. The number of hydrogen-bond acceptors (Lipinski definition) is 3. The summed E-state index contributed by atoms with van der Waals surface area (Å²) in [6.45, 7) is 0. The largest absolute Gasteiger partial charge is 0.496 e. The molecule has 3 nitrogen and oxygen atoms in total. The Morgan fingerprint density at radius 2 is 1.94 bits per heavy atom. The Labute approximate surface area is 91.8 Å². The van der Waals surface area contributed by atoms with Gasteiger partial charge in [-0.15, -0.1) is 0 Å². The Hall–Kier alpha value is -1.20. The van der Waals surface area contributed by atoms with Gasteiger partial charge in [0.1, 0.15) is 5.75 Å². The monoisotopic (exact) mass is 229 g/mol. The molecule has 0 unspecified atom stereocenters. The molecule has 5 heteroatoms. The highest BCUT2D eigenvalue weighted by Gasteiger charge is 2.43. The third kappa shape index (κ3) is 1.66. The minimum Gasteiger partial charge on any atom is -0.496 e. The van der Waals surface area contributed by atoms with E-state index in [9.17, 15) is 13.9 Å². The van der Waals surface area contributed by atoms with E-state index in [2.05, 4.69) is 0 Å². The van der Waals surface area contributed by atoms with Crippen molar-refractivity contribution in [3.8, 4) is 5.75 Å². The number of aliphatic hydroxyl groups excluding tert-OH is 1. The lowest BCUT2D eigenvalue weighted by Crippen LogP contribution is -2.51. The number of benzene rings is 1. The van der Waals surface area contributed by atoms with Crippen molar-refractivity contribution in [2.24, 2.45) is 5.73 Å². The van der Waals surface area contributed by atoms with E-state index < -0.39 is 23.3 Å². The van der Waals surface area contributed by atoms with E-state index in [1.807, 2.05) is 0 Å². The summed E-state index contributed by atoms with van der Waals surface area (Å²) in [7, 11) is 1.37. The Morgan fingerprint density at radius 3 is 2.44 bits per heavy atom. The second-order valence-electron chi connectivity index (χ2n) is 4.18. The molecule has 0 amide bonds. The van der Waals surface area contributed by atoms with Gasteiger partial charge in [0.25, 0.3) is 0 Å². The quantitative estimate of drug-likeness (QED) is 0.803. The van der Waals surface area contributed by atoms with Gasteiger partial charge in [0, 0.05) is 17.2 Å². The van der Waals surface area contributed by atoms with Gasteiger partial charge in [0.15, 0.2) is 11.6 Å². The molecular formula is C11H13F2NO2. The second-order valence-corrected chi connectivity index (χ2v) is 4.18. The van der Waals surface area contributed by atoms with Crippen LogP contribution >= 0.6 is 0 Å². The van der Waals surface area contributed by atoms with E-state index in [1.165, 1.54) is 7.11 Å². The summed E-state index contributed by atoms with van der Waals surface area (Å²) in [5.74, 6) is -1.71. The van der Waals surface area contributed by atoms with Crippen LogP contribution in [0.15, 0.2) is 12.1 Å². The van der Waals surface area contributed by atoms with Crippen LogP contribution in [-0.2, 0) is 5.54 Å². The van der Waals surface area contributed by atoms with Gasteiger partial charge in [-0.05, 0) is 18.9 Å². The average molecular weight is 229 g/mol. The van der Waals surface area contributed by atoms with Gasteiger partial charge in [-0.1, -0.05) is 0 Å². The molecule has 1 aliphatic carbocycles. The van der Waals surface area contributed by atoms with Gasteiger partial charge in [0.05, 0.1) is 13.2 Å². The molecule has 1 aromatic rings. The Kier molecular flexibility index (Phi) is 2.59. The van der Waals surface area contributed by atoms with Gasteiger partial charge in [-0.3, -0.25) is 0 Å². The highest BCUT2D eigenvalue weighted by atomic mass is 19.2. The summed E-state index contributed by atoms with van der Waals surface area (Å²) in [5.41, 5.74) is 5.56. The maximum atomic E-state index is 13.1. The summed E-state index contributed by atoms with van der Waals surface area (Å²) < 4.78 is 31.1. The minimum absolute atomic E-state index is 0.216. The molecule has 0 saturated heterocycles. The number of rotatable bonds is 2. The molecule has 2 rings (SSSR count). The number of aliphatic hydroxyl groups is 1. The van der Waals surface area contributed by atoms with Gasteiger partial charge in [0.2, 0.25) is 0 Å². The molecule has 88 valence electrons. The summed E-state index contributed by atoms with van der Waals surface area (Å²) in [5, 5.41) is 9.24. The fourth-order valence-electron chi connectivity index (χ4n) is 2.09. The molecule has 0 heterocycles. The van der Waals surface area contributed by atoms with Crippen LogP contribution in [-0.4, -0.2) is 18.3 Å².